The zero-order valence-corrected chi connectivity index (χ0v) is 17.0. The fourth-order valence-electron chi connectivity index (χ4n) is 7.34. The highest BCUT2D eigenvalue weighted by atomic mass is 16.5. The number of likely N-dealkylation sites (N-methyl/N-ethyl adjacent to an activating group) is 1. The number of amides is 1. The Labute approximate surface area is 162 Å². The zero-order chi connectivity index (χ0) is 19.6. The summed E-state index contributed by atoms with van der Waals surface area (Å²) >= 11 is 0. The van der Waals surface area contributed by atoms with Gasteiger partial charge in [0.05, 0.1) is 19.1 Å². The van der Waals surface area contributed by atoms with Crippen molar-refractivity contribution in [2.24, 2.45) is 34.5 Å². The first-order chi connectivity index (χ1) is 12.7. The number of ether oxygens (including phenoxy) is 1. The summed E-state index contributed by atoms with van der Waals surface area (Å²) in [6, 6.07) is 0. The van der Waals surface area contributed by atoms with E-state index in [1.54, 1.807) is 4.90 Å². The van der Waals surface area contributed by atoms with Crippen LogP contribution in [-0.2, 0) is 14.3 Å². The maximum atomic E-state index is 12.4. The number of methoxy groups -OCH3 is 1. The molecule has 27 heavy (non-hydrogen) atoms. The molecule has 1 aliphatic heterocycles. The Hall–Kier alpha value is -1.36. The van der Waals surface area contributed by atoms with Crippen molar-refractivity contribution >= 4 is 11.9 Å². The number of aliphatic hydroxyl groups excluding tert-OH is 1. The zero-order valence-electron chi connectivity index (χ0n) is 17.0. The molecule has 4 rings (SSSR count). The molecule has 4 aliphatic rings. The van der Waals surface area contributed by atoms with E-state index in [0.29, 0.717) is 18.3 Å². The van der Waals surface area contributed by atoms with E-state index < -0.39 is 6.10 Å². The van der Waals surface area contributed by atoms with Gasteiger partial charge < -0.3 is 14.7 Å². The Kier molecular flexibility index (Phi) is 4.45. The van der Waals surface area contributed by atoms with Crippen molar-refractivity contribution < 1.29 is 19.4 Å². The molecule has 7 atom stereocenters. The van der Waals surface area contributed by atoms with Crippen molar-refractivity contribution in [1.29, 1.82) is 0 Å². The lowest BCUT2D eigenvalue weighted by molar-refractivity contribution is -0.160. The second-order valence-corrected chi connectivity index (χ2v) is 9.86. The van der Waals surface area contributed by atoms with Crippen LogP contribution < -0.4 is 0 Å². The minimum atomic E-state index is -0.436. The number of fused-ring (bicyclic) bond motifs is 5. The molecule has 1 heterocycles. The Balaban J connectivity index is 1.70. The molecule has 0 bridgehead atoms. The van der Waals surface area contributed by atoms with E-state index in [1.807, 2.05) is 13.1 Å². The monoisotopic (exact) mass is 375 g/mol. The molecule has 3 unspecified atom stereocenters. The van der Waals surface area contributed by atoms with Gasteiger partial charge in [-0.2, -0.15) is 0 Å². The minimum Gasteiger partial charge on any atom is -0.469 e. The average molecular weight is 376 g/mol. The Morgan fingerprint density at radius 3 is 2.74 bits per heavy atom. The van der Waals surface area contributed by atoms with Gasteiger partial charge >= 0.3 is 5.97 Å². The summed E-state index contributed by atoms with van der Waals surface area (Å²) in [5, 5.41) is 11.3. The average Bonchev–Trinajstić information content (AvgIpc) is 2.91. The Morgan fingerprint density at radius 2 is 2.04 bits per heavy atom. The fourth-order valence-corrected chi connectivity index (χ4v) is 7.34. The molecule has 0 saturated heterocycles. The van der Waals surface area contributed by atoms with Crippen LogP contribution in [0.15, 0.2) is 11.6 Å². The topological polar surface area (TPSA) is 66.8 Å². The van der Waals surface area contributed by atoms with Crippen LogP contribution in [0.4, 0.5) is 0 Å². The lowest BCUT2D eigenvalue weighted by Gasteiger charge is -2.58. The first-order valence-electron chi connectivity index (χ1n) is 10.4. The fraction of sp³-hybridized carbons (Fsp3) is 0.818. The maximum absolute atomic E-state index is 12.4. The number of esters is 1. The molecule has 5 heteroatoms. The van der Waals surface area contributed by atoms with E-state index >= 15 is 0 Å². The third-order valence-electron chi connectivity index (χ3n) is 8.79. The molecule has 0 aromatic heterocycles. The number of carbonyl (C=O) groups is 2. The summed E-state index contributed by atoms with van der Waals surface area (Å²) in [5.41, 5.74) is 0.916. The van der Waals surface area contributed by atoms with Crippen LogP contribution in [0.25, 0.3) is 0 Å². The maximum Gasteiger partial charge on any atom is 0.309 e. The molecule has 0 aromatic rings. The predicted octanol–water partition coefficient (Wildman–Crippen LogP) is 2.78. The molecule has 1 N–H and O–H groups in total. The van der Waals surface area contributed by atoms with Crippen LogP contribution in [0, 0.1) is 34.5 Å². The number of hydrogen-bond acceptors (Lipinski definition) is 4. The number of hydrogen-bond donors (Lipinski definition) is 1. The van der Waals surface area contributed by atoms with Crippen LogP contribution in [-0.4, -0.2) is 48.7 Å². The molecular weight excluding hydrogens is 342 g/mol. The van der Waals surface area contributed by atoms with Gasteiger partial charge in [0.1, 0.15) is 0 Å². The minimum absolute atomic E-state index is 0.0916. The lowest BCUT2D eigenvalue weighted by Crippen LogP contribution is -2.56. The first-order valence-corrected chi connectivity index (χ1v) is 10.4. The van der Waals surface area contributed by atoms with Gasteiger partial charge in [-0.1, -0.05) is 19.4 Å². The Bertz CT molecular complexity index is 688. The van der Waals surface area contributed by atoms with E-state index in [-0.39, 0.29) is 34.5 Å². The highest BCUT2D eigenvalue weighted by Gasteiger charge is 2.63. The highest BCUT2D eigenvalue weighted by molar-refractivity contribution is 5.88. The smallest absolute Gasteiger partial charge is 0.309 e. The third-order valence-corrected chi connectivity index (χ3v) is 8.79. The standard InChI is InChI=1S/C22H33NO4/c1-21-9-10-23(3)18(25)11-13(21)5-6-14-15-7-8-16(20(26)27-4)22(15,2)12-17(24)19(14)21/h11,14-17,19,24H,5-10,12H2,1-4H3/t14?,15?,16-,17+,19?,21+,22+/m1/s1. The summed E-state index contributed by atoms with van der Waals surface area (Å²) in [6.07, 6.45) is 6.81. The molecule has 150 valence electrons. The first kappa shape index (κ1) is 19.0. The van der Waals surface area contributed by atoms with E-state index in [4.69, 9.17) is 4.74 Å². The largest absolute Gasteiger partial charge is 0.469 e. The van der Waals surface area contributed by atoms with Gasteiger partial charge in [-0.15, -0.1) is 0 Å². The number of aliphatic hydroxyl groups is 1. The quantitative estimate of drug-likeness (QED) is 0.716. The second kappa shape index (κ2) is 6.33. The SMILES string of the molecule is COC(=O)[C@H]1CCC2C3CCC4=CC(=O)N(C)CC[C@]4(C)C3[C@@H](O)C[C@@]21C. The normalized spacial score (nSPS) is 46.7. The highest BCUT2D eigenvalue weighted by Crippen LogP contribution is 2.66. The van der Waals surface area contributed by atoms with Crippen LogP contribution in [0.2, 0.25) is 0 Å². The van der Waals surface area contributed by atoms with Gasteiger partial charge in [0.2, 0.25) is 5.91 Å². The number of rotatable bonds is 1. The molecule has 3 fully saturated rings. The van der Waals surface area contributed by atoms with E-state index in [1.165, 1.54) is 12.7 Å². The van der Waals surface area contributed by atoms with E-state index in [0.717, 1.165) is 38.6 Å². The van der Waals surface area contributed by atoms with Gasteiger partial charge in [0, 0.05) is 19.7 Å². The van der Waals surface area contributed by atoms with Gasteiger partial charge in [-0.3, -0.25) is 9.59 Å². The number of carbonyl (C=O) groups excluding carboxylic acids is 2. The van der Waals surface area contributed by atoms with Crippen molar-refractivity contribution in [3.05, 3.63) is 11.6 Å². The molecule has 0 spiro atoms. The van der Waals surface area contributed by atoms with Crippen molar-refractivity contribution in [3.63, 3.8) is 0 Å². The lowest BCUT2D eigenvalue weighted by atomic mass is 9.47. The van der Waals surface area contributed by atoms with Gasteiger partial charge in [0.15, 0.2) is 0 Å². The van der Waals surface area contributed by atoms with Gasteiger partial charge in [-0.05, 0) is 67.1 Å². The van der Waals surface area contributed by atoms with Crippen molar-refractivity contribution in [2.45, 2.75) is 58.5 Å². The summed E-state index contributed by atoms with van der Waals surface area (Å²) < 4.78 is 5.09. The van der Waals surface area contributed by atoms with Gasteiger partial charge in [0.25, 0.3) is 0 Å². The molecule has 5 nitrogen and oxygen atoms in total. The van der Waals surface area contributed by atoms with Crippen LogP contribution in [0.3, 0.4) is 0 Å². The summed E-state index contributed by atoms with van der Waals surface area (Å²) in [7, 11) is 3.34. The molecule has 3 aliphatic carbocycles. The number of allylic oxidation sites excluding steroid dienone is 1. The van der Waals surface area contributed by atoms with E-state index in [9.17, 15) is 14.7 Å². The second-order valence-electron chi connectivity index (χ2n) is 9.86. The van der Waals surface area contributed by atoms with Crippen molar-refractivity contribution in [2.75, 3.05) is 20.7 Å². The van der Waals surface area contributed by atoms with Crippen molar-refractivity contribution in [3.8, 4) is 0 Å². The molecule has 3 saturated carbocycles. The molecular formula is C22H33NO4. The molecule has 0 aromatic carbocycles. The van der Waals surface area contributed by atoms with Crippen LogP contribution >= 0.6 is 0 Å². The van der Waals surface area contributed by atoms with Crippen LogP contribution in [0.5, 0.6) is 0 Å². The van der Waals surface area contributed by atoms with Gasteiger partial charge in [-0.25, -0.2) is 0 Å². The Morgan fingerprint density at radius 1 is 1.30 bits per heavy atom. The summed E-state index contributed by atoms with van der Waals surface area (Å²) in [4.78, 5) is 26.6. The van der Waals surface area contributed by atoms with Crippen molar-refractivity contribution in [1.82, 2.24) is 4.90 Å². The number of nitrogens with zero attached hydrogens (tertiary/aromatic N) is 1. The summed E-state index contributed by atoms with van der Waals surface area (Å²) in [6.45, 7) is 5.20. The predicted molar refractivity (Wildman–Crippen MR) is 102 cm³/mol. The molecule has 0 radical (unpaired) electrons. The molecule has 1 amide bonds. The van der Waals surface area contributed by atoms with E-state index in [2.05, 4.69) is 13.8 Å². The van der Waals surface area contributed by atoms with Crippen LogP contribution in [0.1, 0.15) is 52.4 Å². The summed E-state index contributed by atoms with van der Waals surface area (Å²) in [5.74, 6) is 0.906. The third kappa shape index (κ3) is 2.60.